The van der Waals surface area contributed by atoms with Crippen LogP contribution in [0.2, 0.25) is 0 Å². The van der Waals surface area contributed by atoms with E-state index in [4.69, 9.17) is 4.74 Å². The van der Waals surface area contributed by atoms with Gasteiger partial charge in [0.2, 0.25) is 5.91 Å². The topological polar surface area (TPSA) is 53.6 Å². The maximum absolute atomic E-state index is 12.2. The van der Waals surface area contributed by atoms with E-state index in [-0.39, 0.29) is 17.5 Å². The molecule has 0 aromatic heterocycles. The van der Waals surface area contributed by atoms with Gasteiger partial charge in [-0.2, -0.15) is 0 Å². The van der Waals surface area contributed by atoms with E-state index in [1.807, 2.05) is 24.3 Å². The molecule has 2 N–H and O–H groups in total. The van der Waals surface area contributed by atoms with Gasteiger partial charge in [-0.3, -0.25) is 4.79 Å². The molecule has 2 rings (SSSR count). The first-order chi connectivity index (χ1) is 11.9. The van der Waals surface area contributed by atoms with Crippen LogP contribution in [0.4, 0.5) is 5.69 Å². The fraction of sp³-hybridized carbons (Fsp3) is 0.650. The quantitative estimate of drug-likeness (QED) is 0.758. The molecule has 25 heavy (non-hydrogen) atoms. The third-order valence-electron chi connectivity index (χ3n) is 5.38. The predicted octanol–water partition coefficient (Wildman–Crippen LogP) is 3.27. The van der Waals surface area contributed by atoms with Gasteiger partial charge < -0.3 is 20.3 Å². The second kappa shape index (κ2) is 9.20. The van der Waals surface area contributed by atoms with E-state index < -0.39 is 0 Å². The molecule has 0 heterocycles. The lowest BCUT2D eigenvalue weighted by Gasteiger charge is -2.44. The van der Waals surface area contributed by atoms with Gasteiger partial charge in [-0.25, -0.2) is 0 Å². The number of methoxy groups -OCH3 is 1. The van der Waals surface area contributed by atoms with E-state index in [0.29, 0.717) is 6.42 Å². The molecule has 5 nitrogen and oxygen atoms in total. The van der Waals surface area contributed by atoms with Crippen LogP contribution in [0.15, 0.2) is 24.3 Å². The van der Waals surface area contributed by atoms with Crippen molar-refractivity contribution in [2.45, 2.75) is 57.0 Å². The second-order valence-corrected chi connectivity index (χ2v) is 7.44. The minimum atomic E-state index is 0.0349. The smallest absolute Gasteiger partial charge is 0.225 e. The number of nitrogens with one attached hydrogen (secondary N) is 2. The predicted molar refractivity (Wildman–Crippen MR) is 103 cm³/mol. The van der Waals surface area contributed by atoms with Gasteiger partial charge in [0, 0.05) is 30.2 Å². The molecule has 1 amide bonds. The van der Waals surface area contributed by atoms with Crippen molar-refractivity contribution in [2.24, 2.45) is 0 Å². The number of hydrogen-bond donors (Lipinski definition) is 2. The SMILES string of the molecule is COc1ccc(NC(=O)C[C@@H](C)NCC2(N(C)C)CCCCC2)cc1. The number of rotatable bonds is 8. The van der Waals surface area contributed by atoms with Crippen molar-refractivity contribution in [3.63, 3.8) is 0 Å². The molecule has 1 aromatic carbocycles. The minimum absolute atomic E-state index is 0.0349. The molecule has 0 unspecified atom stereocenters. The summed E-state index contributed by atoms with van der Waals surface area (Å²) >= 11 is 0. The zero-order valence-electron chi connectivity index (χ0n) is 16.1. The molecule has 0 bridgehead atoms. The fourth-order valence-electron chi connectivity index (χ4n) is 3.59. The van der Waals surface area contributed by atoms with E-state index >= 15 is 0 Å². The van der Waals surface area contributed by atoms with Crippen LogP contribution in [-0.2, 0) is 4.79 Å². The van der Waals surface area contributed by atoms with Gasteiger partial charge in [-0.05, 0) is 58.1 Å². The Kier molecular flexibility index (Phi) is 7.26. The van der Waals surface area contributed by atoms with Crippen molar-refractivity contribution >= 4 is 11.6 Å². The van der Waals surface area contributed by atoms with E-state index in [1.165, 1.54) is 32.1 Å². The summed E-state index contributed by atoms with van der Waals surface area (Å²) in [6, 6.07) is 7.56. The number of nitrogens with zero attached hydrogens (tertiary/aromatic N) is 1. The van der Waals surface area contributed by atoms with Crippen LogP contribution >= 0.6 is 0 Å². The van der Waals surface area contributed by atoms with Crippen molar-refractivity contribution in [2.75, 3.05) is 33.1 Å². The Morgan fingerprint density at radius 1 is 1.20 bits per heavy atom. The maximum Gasteiger partial charge on any atom is 0.225 e. The first-order valence-electron chi connectivity index (χ1n) is 9.30. The van der Waals surface area contributed by atoms with Crippen LogP contribution in [0.1, 0.15) is 45.4 Å². The molecule has 0 spiro atoms. The number of carbonyl (C=O) groups excluding carboxylic acids is 1. The summed E-state index contributed by atoms with van der Waals surface area (Å²) in [7, 11) is 5.98. The second-order valence-electron chi connectivity index (χ2n) is 7.44. The molecule has 0 saturated heterocycles. The highest BCUT2D eigenvalue weighted by atomic mass is 16.5. The van der Waals surface area contributed by atoms with Gasteiger partial charge in [-0.1, -0.05) is 19.3 Å². The van der Waals surface area contributed by atoms with Gasteiger partial charge >= 0.3 is 0 Å². The summed E-state index contributed by atoms with van der Waals surface area (Å²) in [5.41, 5.74) is 1.04. The van der Waals surface area contributed by atoms with E-state index in [2.05, 4.69) is 36.6 Å². The molecular weight excluding hydrogens is 314 g/mol. The fourth-order valence-corrected chi connectivity index (χ4v) is 3.59. The van der Waals surface area contributed by atoms with Crippen molar-refractivity contribution < 1.29 is 9.53 Å². The average Bonchev–Trinajstić information content (AvgIpc) is 2.61. The Morgan fingerprint density at radius 3 is 2.40 bits per heavy atom. The van der Waals surface area contributed by atoms with E-state index in [1.54, 1.807) is 7.11 Å². The lowest BCUT2D eigenvalue weighted by Crippen LogP contribution is -2.54. The van der Waals surface area contributed by atoms with Gasteiger partial charge in [0.25, 0.3) is 0 Å². The monoisotopic (exact) mass is 347 g/mol. The zero-order valence-corrected chi connectivity index (χ0v) is 16.1. The number of carbonyl (C=O) groups is 1. The highest BCUT2D eigenvalue weighted by Crippen LogP contribution is 2.31. The van der Waals surface area contributed by atoms with Crippen LogP contribution in [0.5, 0.6) is 5.75 Å². The maximum atomic E-state index is 12.2. The van der Waals surface area contributed by atoms with E-state index in [0.717, 1.165) is 18.0 Å². The highest BCUT2D eigenvalue weighted by molar-refractivity contribution is 5.91. The third kappa shape index (κ3) is 5.72. The van der Waals surface area contributed by atoms with Crippen molar-refractivity contribution in [1.29, 1.82) is 0 Å². The lowest BCUT2D eigenvalue weighted by atomic mass is 9.80. The molecule has 0 aliphatic heterocycles. The first-order valence-corrected chi connectivity index (χ1v) is 9.30. The number of anilines is 1. The number of benzene rings is 1. The zero-order chi connectivity index (χ0) is 18.3. The summed E-state index contributed by atoms with van der Waals surface area (Å²) in [4.78, 5) is 14.6. The Balaban J connectivity index is 1.80. The van der Waals surface area contributed by atoms with Crippen molar-refractivity contribution in [1.82, 2.24) is 10.2 Å². The van der Waals surface area contributed by atoms with Crippen LogP contribution in [-0.4, -0.2) is 50.1 Å². The third-order valence-corrected chi connectivity index (χ3v) is 5.38. The number of likely N-dealkylation sites (N-methyl/N-ethyl adjacent to an activating group) is 1. The lowest BCUT2D eigenvalue weighted by molar-refractivity contribution is -0.116. The summed E-state index contributed by atoms with van der Waals surface area (Å²) in [5.74, 6) is 0.821. The van der Waals surface area contributed by atoms with Gasteiger partial charge in [0.15, 0.2) is 0 Å². The summed E-state index contributed by atoms with van der Waals surface area (Å²) in [6.07, 6.45) is 6.87. The number of amides is 1. The molecule has 140 valence electrons. The minimum Gasteiger partial charge on any atom is -0.497 e. The van der Waals surface area contributed by atoms with Gasteiger partial charge in [0.05, 0.1) is 7.11 Å². The van der Waals surface area contributed by atoms with Crippen LogP contribution in [0.3, 0.4) is 0 Å². The Bertz CT molecular complexity index is 536. The molecule has 1 aliphatic carbocycles. The summed E-state index contributed by atoms with van der Waals surface area (Å²) in [6.45, 7) is 3.02. The molecule has 0 radical (unpaired) electrons. The molecule has 1 fully saturated rings. The summed E-state index contributed by atoms with van der Waals surface area (Å²) in [5, 5.41) is 6.54. The standard InChI is InChI=1S/C20H33N3O2/c1-16(21-15-20(23(2)3)12-6-5-7-13-20)14-19(24)22-17-8-10-18(25-4)11-9-17/h8-11,16,21H,5-7,12-15H2,1-4H3,(H,22,24)/t16-/m1/s1. The van der Waals surface area contributed by atoms with Crippen LogP contribution < -0.4 is 15.4 Å². The molecule has 1 atom stereocenters. The first kappa shape index (κ1) is 19.7. The average molecular weight is 348 g/mol. The number of ether oxygens (including phenoxy) is 1. The van der Waals surface area contributed by atoms with Crippen molar-refractivity contribution in [3.8, 4) is 5.75 Å². The molecule has 1 aliphatic rings. The van der Waals surface area contributed by atoms with Crippen LogP contribution in [0, 0.1) is 0 Å². The van der Waals surface area contributed by atoms with Crippen molar-refractivity contribution in [3.05, 3.63) is 24.3 Å². The normalized spacial score (nSPS) is 18.0. The molecule has 1 aromatic rings. The highest BCUT2D eigenvalue weighted by Gasteiger charge is 2.34. The largest absolute Gasteiger partial charge is 0.497 e. The van der Waals surface area contributed by atoms with Gasteiger partial charge in [-0.15, -0.1) is 0 Å². The van der Waals surface area contributed by atoms with E-state index in [9.17, 15) is 4.79 Å². The Labute approximate surface area is 152 Å². The number of hydrogen-bond acceptors (Lipinski definition) is 4. The van der Waals surface area contributed by atoms with Crippen LogP contribution in [0.25, 0.3) is 0 Å². The van der Waals surface area contributed by atoms with Gasteiger partial charge in [0.1, 0.15) is 5.75 Å². The molecule has 5 heteroatoms. The molecular formula is C20H33N3O2. The summed E-state index contributed by atoms with van der Waals surface area (Å²) < 4.78 is 5.13. The Hall–Kier alpha value is -1.59. The Morgan fingerprint density at radius 2 is 1.84 bits per heavy atom. The molecule has 1 saturated carbocycles.